The Bertz CT molecular complexity index is 791. The summed E-state index contributed by atoms with van der Waals surface area (Å²) in [5.74, 6) is 0.367. The minimum absolute atomic E-state index is 0.148. The lowest BCUT2D eigenvalue weighted by Crippen LogP contribution is -2.43. The van der Waals surface area contributed by atoms with Gasteiger partial charge < -0.3 is 9.64 Å². The lowest BCUT2D eigenvalue weighted by atomic mass is 9.96. The maximum absolute atomic E-state index is 12.5. The van der Waals surface area contributed by atoms with Gasteiger partial charge in [0.1, 0.15) is 11.3 Å². The molecule has 0 spiro atoms. The largest absolute Gasteiger partial charge is 0.444 e. The number of hydrogen-bond acceptors (Lipinski definition) is 6. The van der Waals surface area contributed by atoms with Gasteiger partial charge in [0.2, 0.25) is 11.9 Å². The number of carbonyl (C=O) groups excluding carboxylic acids is 2. The van der Waals surface area contributed by atoms with E-state index in [9.17, 15) is 9.59 Å². The molecule has 1 aliphatic rings. The van der Waals surface area contributed by atoms with E-state index in [0.717, 1.165) is 0 Å². The Balaban J connectivity index is 1.52. The average Bonchev–Trinajstić information content (AvgIpc) is 3.09. The number of amides is 2. The molecule has 2 aromatic rings. The highest BCUT2D eigenvalue weighted by Crippen LogP contribution is 2.21. The molecule has 9 nitrogen and oxygen atoms in total. The predicted molar refractivity (Wildman–Crippen MR) is 98.8 cm³/mol. The van der Waals surface area contributed by atoms with Crippen LogP contribution in [0.2, 0.25) is 0 Å². The van der Waals surface area contributed by atoms with Gasteiger partial charge >= 0.3 is 6.09 Å². The summed E-state index contributed by atoms with van der Waals surface area (Å²) >= 11 is 0. The zero-order chi connectivity index (χ0) is 19.4. The van der Waals surface area contributed by atoms with Crippen molar-refractivity contribution >= 4 is 17.9 Å². The molecule has 0 unspecified atom stereocenters. The van der Waals surface area contributed by atoms with E-state index < -0.39 is 5.60 Å². The number of carbonyl (C=O) groups is 2. The van der Waals surface area contributed by atoms with E-state index in [1.165, 1.54) is 0 Å². The number of rotatable bonds is 3. The summed E-state index contributed by atoms with van der Waals surface area (Å²) in [5, 5.41) is 9.51. The molecule has 0 saturated carbocycles. The van der Waals surface area contributed by atoms with Crippen molar-refractivity contribution in [1.82, 2.24) is 25.1 Å². The van der Waals surface area contributed by atoms with Crippen molar-refractivity contribution in [3.05, 3.63) is 24.4 Å². The SMILES string of the molecule is CC(C)(C)OC(=O)N1CCC(C(=O)Nc2n[nH]c(-c3ccccn3)n2)CC1. The summed E-state index contributed by atoms with van der Waals surface area (Å²) in [4.78, 5) is 34.6. The Morgan fingerprint density at radius 1 is 1.26 bits per heavy atom. The van der Waals surface area contributed by atoms with Gasteiger partial charge in [0.15, 0.2) is 5.82 Å². The third-order valence-electron chi connectivity index (χ3n) is 4.15. The van der Waals surface area contributed by atoms with E-state index in [1.807, 2.05) is 32.9 Å². The molecule has 1 fully saturated rings. The molecule has 9 heteroatoms. The summed E-state index contributed by atoms with van der Waals surface area (Å²) in [6.45, 7) is 6.48. The van der Waals surface area contributed by atoms with E-state index in [1.54, 1.807) is 17.2 Å². The fraction of sp³-hybridized carbons (Fsp3) is 0.500. The molecule has 0 bridgehead atoms. The van der Waals surface area contributed by atoms with Crippen LogP contribution in [0, 0.1) is 5.92 Å². The number of aromatic amines is 1. The Morgan fingerprint density at radius 2 is 2.00 bits per heavy atom. The first kappa shape index (κ1) is 18.8. The van der Waals surface area contributed by atoms with Gasteiger partial charge in [-0.15, -0.1) is 5.10 Å². The monoisotopic (exact) mass is 372 g/mol. The van der Waals surface area contributed by atoms with Gasteiger partial charge in [-0.3, -0.25) is 20.2 Å². The van der Waals surface area contributed by atoms with Gasteiger partial charge in [-0.25, -0.2) is 4.79 Å². The number of nitrogens with one attached hydrogen (secondary N) is 2. The average molecular weight is 372 g/mol. The molecule has 2 aromatic heterocycles. The topological polar surface area (TPSA) is 113 Å². The van der Waals surface area contributed by atoms with E-state index in [-0.39, 0.29) is 23.9 Å². The number of nitrogens with zero attached hydrogens (tertiary/aromatic N) is 4. The molecule has 2 N–H and O–H groups in total. The van der Waals surface area contributed by atoms with Crippen LogP contribution < -0.4 is 5.32 Å². The molecular formula is C18H24N6O3. The van der Waals surface area contributed by atoms with E-state index in [0.29, 0.717) is 37.4 Å². The van der Waals surface area contributed by atoms with Crippen molar-refractivity contribution in [3.8, 4) is 11.5 Å². The molecule has 0 aliphatic carbocycles. The van der Waals surface area contributed by atoms with Crippen LogP contribution in [0.5, 0.6) is 0 Å². The van der Waals surface area contributed by atoms with Crippen molar-refractivity contribution in [3.63, 3.8) is 0 Å². The fourth-order valence-electron chi connectivity index (χ4n) is 2.80. The van der Waals surface area contributed by atoms with Crippen LogP contribution in [-0.2, 0) is 9.53 Å². The van der Waals surface area contributed by atoms with E-state index in [4.69, 9.17) is 4.74 Å². The molecule has 2 amide bonds. The van der Waals surface area contributed by atoms with Crippen molar-refractivity contribution in [2.75, 3.05) is 18.4 Å². The Labute approximate surface area is 157 Å². The highest BCUT2D eigenvalue weighted by atomic mass is 16.6. The lowest BCUT2D eigenvalue weighted by molar-refractivity contribution is -0.121. The van der Waals surface area contributed by atoms with Gasteiger partial charge in [-0.1, -0.05) is 6.07 Å². The van der Waals surface area contributed by atoms with Gasteiger partial charge in [0, 0.05) is 25.2 Å². The number of aromatic nitrogens is 4. The van der Waals surface area contributed by atoms with Gasteiger partial charge in [0.25, 0.3) is 0 Å². The molecule has 0 radical (unpaired) electrons. The smallest absolute Gasteiger partial charge is 0.410 e. The maximum atomic E-state index is 12.5. The van der Waals surface area contributed by atoms with Gasteiger partial charge in [-0.2, -0.15) is 4.98 Å². The van der Waals surface area contributed by atoms with Crippen molar-refractivity contribution in [1.29, 1.82) is 0 Å². The minimum Gasteiger partial charge on any atom is -0.444 e. The van der Waals surface area contributed by atoms with Crippen LogP contribution in [0.4, 0.5) is 10.7 Å². The number of H-pyrrole nitrogens is 1. The van der Waals surface area contributed by atoms with Crippen LogP contribution in [-0.4, -0.2) is 55.8 Å². The van der Waals surface area contributed by atoms with Crippen molar-refractivity contribution in [2.45, 2.75) is 39.2 Å². The quantitative estimate of drug-likeness (QED) is 0.856. The standard InChI is InChI=1S/C18H24N6O3/c1-18(2,3)27-17(26)24-10-7-12(8-11-24)15(25)21-16-20-14(22-23-16)13-6-4-5-9-19-13/h4-6,9,12H,7-8,10-11H2,1-3H3,(H2,20,21,22,23,25). The molecule has 27 heavy (non-hydrogen) atoms. The van der Waals surface area contributed by atoms with Gasteiger partial charge in [-0.05, 0) is 45.7 Å². The number of likely N-dealkylation sites (tertiary alicyclic amines) is 1. The first-order valence-corrected chi connectivity index (χ1v) is 8.94. The third-order valence-corrected chi connectivity index (χ3v) is 4.15. The summed E-state index contributed by atoms with van der Waals surface area (Å²) in [5.41, 5.74) is 0.124. The Morgan fingerprint density at radius 3 is 2.63 bits per heavy atom. The zero-order valence-corrected chi connectivity index (χ0v) is 15.7. The Kier molecular flexibility index (Phi) is 5.38. The maximum Gasteiger partial charge on any atom is 0.410 e. The van der Waals surface area contributed by atoms with Crippen LogP contribution in [0.15, 0.2) is 24.4 Å². The van der Waals surface area contributed by atoms with Gasteiger partial charge in [0.05, 0.1) is 0 Å². The molecular weight excluding hydrogens is 348 g/mol. The third kappa shape index (κ3) is 5.02. The Hall–Kier alpha value is -2.97. The first-order chi connectivity index (χ1) is 12.8. The summed E-state index contributed by atoms with van der Waals surface area (Å²) in [7, 11) is 0. The lowest BCUT2D eigenvalue weighted by Gasteiger charge is -2.32. The summed E-state index contributed by atoms with van der Waals surface area (Å²) < 4.78 is 5.37. The minimum atomic E-state index is -0.526. The highest BCUT2D eigenvalue weighted by Gasteiger charge is 2.30. The van der Waals surface area contributed by atoms with Crippen LogP contribution in [0.3, 0.4) is 0 Å². The predicted octanol–water partition coefficient (Wildman–Crippen LogP) is 2.45. The number of hydrogen-bond donors (Lipinski definition) is 2. The number of ether oxygens (including phenoxy) is 1. The zero-order valence-electron chi connectivity index (χ0n) is 15.7. The molecule has 1 saturated heterocycles. The molecule has 3 heterocycles. The first-order valence-electron chi connectivity index (χ1n) is 8.94. The van der Waals surface area contributed by atoms with E-state index in [2.05, 4.69) is 25.5 Å². The summed E-state index contributed by atoms with van der Waals surface area (Å²) in [6.07, 6.45) is 2.47. The molecule has 144 valence electrons. The normalized spacial score (nSPS) is 15.4. The second-order valence-corrected chi connectivity index (χ2v) is 7.45. The molecule has 0 aromatic carbocycles. The van der Waals surface area contributed by atoms with Crippen LogP contribution >= 0.6 is 0 Å². The second-order valence-electron chi connectivity index (χ2n) is 7.45. The van der Waals surface area contributed by atoms with E-state index >= 15 is 0 Å². The second kappa shape index (κ2) is 7.73. The molecule has 1 aliphatic heterocycles. The fourth-order valence-corrected chi connectivity index (χ4v) is 2.80. The number of anilines is 1. The van der Waals surface area contributed by atoms with Crippen LogP contribution in [0.25, 0.3) is 11.5 Å². The number of piperidine rings is 1. The summed E-state index contributed by atoms with van der Waals surface area (Å²) in [6, 6.07) is 5.46. The molecule has 0 atom stereocenters. The van der Waals surface area contributed by atoms with Crippen LogP contribution in [0.1, 0.15) is 33.6 Å². The van der Waals surface area contributed by atoms with Crippen molar-refractivity contribution < 1.29 is 14.3 Å². The molecule has 3 rings (SSSR count). The van der Waals surface area contributed by atoms with Crippen molar-refractivity contribution in [2.24, 2.45) is 5.92 Å². The number of pyridine rings is 1. The highest BCUT2D eigenvalue weighted by molar-refractivity contribution is 5.91.